The fourth-order valence-electron chi connectivity index (χ4n) is 0.678. The zero-order valence-electron chi connectivity index (χ0n) is 7.50. The van der Waals surface area contributed by atoms with Crippen molar-refractivity contribution >= 4 is 22.4 Å². The Morgan fingerprint density at radius 1 is 1.25 bits per heavy atom. The van der Waals surface area contributed by atoms with Gasteiger partial charge in [0.05, 0.1) is 20.7 Å². The Balaban J connectivity index is 0.000000561. The van der Waals surface area contributed by atoms with Crippen molar-refractivity contribution in [1.29, 1.82) is 0 Å². The van der Waals surface area contributed by atoms with Crippen LogP contribution in [-0.2, 0) is 10.8 Å². The van der Waals surface area contributed by atoms with Crippen LogP contribution in [0.2, 0.25) is 5.02 Å². The van der Waals surface area contributed by atoms with Crippen LogP contribution in [0.5, 0.6) is 0 Å². The van der Waals surface area contributed by atoms with Crippen LogP contribution in [0, 0.1) is 0 Å². The van der Waals surface area contributed by atoms with Gasteiger partial charge >= 0.3 is 0 Å². The largest absolute Gasteiger partial charge is 0.255 e. The Morgan fingerprint density at radius 2 is 1.75 bits per heavy atom. The number of hydrogen-bond donors (Lipinski definition) is 0. The minimum Gasteiger partial charge on any atom is -0.255 e. The lowest BCUT2D eigenvalue weighted by molar-refractivity contribution is 0.687. The lowest BCUT2D eigenvalue weighted by atomic mass is 10.4. The van der Waals surface area contributed by atoms with Gasteiger partial charge in [0.25, 0.3) is 0 Å². The molecule has 1 aromatic rings. The summed E-state index contributed by atoms with van der Waals surface area (Å²) in [7, 11) is -0.972. The van der Waals surface area contributed by atoms with Crippen molar-refractivity contribution in [2.75, 3.05) is 6.26 Å². The predicted octanol–water partition coefficient (Wildman–Crippen LogP) is 3.10. The lowest BCUT2D eigenvalue weighted by Crippen LogP contribution is -1.86. The smallest absolute Gasteiger partial charge is 0.0571 e. The Hall–Kier alpha value is -0.340. The van der Waals surface area contributed by atoms with Crippen molar-refractivity contribution in [2.24, 2.45) is 0 Å². The monoisotopic (exact) mass is 204 g/mol. The Morgan fingerprint density at radius 3 is 2.08 bits per heavy atom. The summed E-state index contributed by atoms with van der Waals surface area (Å²) in [4.78, 5) is 0.698. The molecule has 0 radical (unpaired) electrons. The van der Waals surface area contributed by atoms with Gasteiger partial charge < -0.3 is 0 Å². The van der Waals surface area contributed by atoms with E-state index in [1.807, 2.05) is 26.0 Å². The van der Waals surface area contributed by atoms with Gasteiger partial charge in [-0.15, -0.1) is 0 Å². The molecule has 0 saturated carbocycles. The van der Waals surface area contributed by atoms with Gasteiger partial charge in [0.2, 0.25) is 0 Å². The van der Waals surface area contributed by atoms with Crippen LogP contribution in [0.25, 0.3) is 0 Å². The topological polar surface area (TPSA) is 17.1 Å². The molecule has 0 aliphatic carbocycles. The maximum absolute atomic E-state index is 10.9. The van der Waals surface area contributed by atoms with Gasteiger partial charge in [0.15, 0.2) is 0 Å². The minimum absolute atomic E-state index is 0.573. The van der Waals surface area contributed by atoms with E-state index >= 15 is 0 Å². The van der Waals surface area contributed by atoms with Gasteiger partial charge in [-0.05, 0) is 12.1 Å². The Bertz CT molecular complexity index is 260. The molecule has 0 bridgehead atoms. The van der Waals surface area contributed by atoms with Crippen molar-refractivity contribution in [2.45, 2.75) is 18.7 Å². The summed E-state index contributed by atoms with van der Waals surface area (Å²) in [5.74, 6) is 0. The number of rotatable bonds is 1. The third-order valence-corrected chi connectivity index (χ3v) is 2.56. The van der Waals surface area contributed by atoms with E-state index < -0.39 is 10.8 Å². The standard InChI is InChI=1S/C7H7ClOS.C2H6/c1-10(9)7-5-3-2-4-6(7)8;1-2/h2-5H,1H3;1-2H3. The first-order valence-corrected chi connectivity index (χ1v) is 5.73. The van der Waals surface area contributed by atoms with E-state index in [1.54, 1.807) is 18.4 Å². The first-order valence-electron chi connectivity index (χ1n) is 3.80. The Kier molecular flexibility index (Phi) is 6.03. The van der Waals surface area contributed by atoms with Gasteiger partial charge in [-0.25, -0.2) is 0 Å². The lowest BCUT2D eigenvalue weighted by Gasteiger charge is -1.96. The van der Waals surface area contributed by atoms with Crippen molar-refractivity contribution in [3.8, 4) is 0 Å². The first-order chi connectivity index (χ1) is 5.72. The Labute approximate surface area is 81.2 Å². The molecule has 0 N–H and O–H groups in total. The van der Waals surface area contributed by atoms with E-state index in [4.69, 9.17) is 11.6 Å². The van der Waals surface area contributed by atoms with Gasteiger partial charge in [-0.1, -0.05) is 37.6 Å². The molecule has 0 heterocycles. The van der Waals surface area contributed by atoms with E-state index in [-0.39, 0.29) is 0 Å². The number of benzene rings is 1. The molecule has 0 saturated heterocycles. The van der Waals surface area contributed by atoms with E-state index in [1.165, 1.54) is 0 Å². The van der Waals surface area contributed by atoms with Crippen molar-refractivity contribution < 1.29 is 4.21 Å². The summed E-state index contributed by atoms with van der Waals surface area (Å²) in [5, 5.41) is 0.573. The molecule has 0 aliphatic heterocycles. The highest BCUT2D eigenvalue weighted by atomic mass is 35.5. The van der Waals surface area contributed by atoms with Crippen LogP contribution < -0.4 is 0 Å². The third kappa shape index (κ3) is 3.37. The quantitative estimate of drug-likeness (QED) is 0.687. The molecule has 1 unspecified atom stereocenters. The van der Waals surface area contributed by atoms with Gasteiger partial charge in [0, 0.05) is 6.26 Å². The van der Waals surface area contributed by atoms with Crippen molar-refractivity contribution in [1.82, 2.24) is 0 Å². The molecule has 68 valence electrons. The molecule has 0 spiro atoms. The van der Waals surface area contributed by atoms with Crippen LogP contribution in [0.4, 0.5) is 0 Å². The van der Waals surface area contributed by atoms with Gasteiger partial charge in [-0.3, -0.25) is 4.21 Å². The SMILES string of the molecule is CC.CS(=O)c1ccccc1Cl. The fourth-order valence-corrected chi connectivity index (χ4v) is 1.75. The van der Waals surface area contributed by atoms with E-state index in [0.29, 0.717) is 9.92 Å². The first kappa shape index (κ1) is 11.7. The molecule has 1 aromatic carbocycles. The molecule has 0 amide bonds. The molecular formula is C9H13ClOS. The van der Waals surface area contributed by atoms with Crippen molar-refractivity contribution in [3.63, 3.8) is 0 Å². The zero-order chi connectivity index (χ0) is 9.56. The zero-order valence-corrected chi connectivity index (χ0v) is 9.08. The highest BCUT2D eigenvalue weighted by Gasteiger charge is 2.00. The highest BCUT2D eigenvalue weighted by Crippen LogP contribution is 2.17. The summed E-state index contributed by atoms with van der Waals surface area (Å²) in [6, 6.07) is 7.14. The number of halogens is 1. The molecule has 12 heavy (non-hydrogen) atoms. The minimum atomic E-state index is -0.972. The fraction of sp³-hybridized carbons (Fsp3) is 0.333. The van der Waals surface area contributed by atoms with Crippen LogP contribution in [0.3, 0.4) is 0 Å². The highest BCUT2D eigenvalue weighted by molar-refractivity contribution is 7.84. The van der Waals surface area contributed by atoms with Crippen LogP contribution in [0.1, 0.15) is 13.8 Å². The molecular weight excluding hydrogens is 192 g/mol. The van der Waals surface area contributed by atoms with E-state index in [9.17, 15) is 4.21 Å². The van der Waals surface area contributed by atoms with Crippen LogP contribution >= 0.6 is 11.6 Å². The maximum atomic E-state index is 10.9. The molecule has 0 aromatic heterocycles. The summed E-state index contributed by atoms with van der Waals surface area (Å²) in [5.41, 5.74) is 0. The number of hydrogen-bond acceptors (Lipinski definition) is 1. The summed E-state index contributed by atoms with van der Waals surface area (Å²) >= 11 is 5.73. The molecule has 0 fully saturated rings. The van der Waals surface area contributed by atoms with Gasteiger partial charge in [-0.2, -0.15) is 0 Å². The second-order valence-corrected chi connectivity index (χ2v) is 3.64. The maximum Gasteiger partial charge on any atom is 0.0571 e. The predicted molar refractivity (Wildman–Crippen MR) is 55.1 cm³/mol. The van der Waals surface area contributed by atoms with Crippen molar-refractivity contribution in [3.05, 3.63) is 29.3 Å². The average Bonchev–Trinajstić information content (AvgIpc) is 2.08. The molecule has 3 heteroatoms. The second kappa shape index (κ2) is 6.21. The second-order valence-electron chi connectivity index (χ2n) is 1.88. The summed E-state index contributed by atoms with van der Waals surface area (Å²) < 4.78 is 10.9. The molecule has 1 nitrogen and oxygen atoms in total. The van der Waals surface area contributed by atoms with Gasteiger partial charge in [0.1, 0.15) is 0 Å². The molecule has 1 atom stereocenters. The molecule has 0 aliphatic rings. The van der Waals surface area contributed by atoms with Crippen LogP contribution in [-0.4, -0.2) is 10.5 Å². The summed E-state index contributed by atoms with van der Waals surface area (Å²) in [6.07, 6.45) is 1.61. The third-order valence-electron chi connectivity index (χ3n) is 1.15. The van der Waals surface area contributed by atoms with Crippen LogP contribution in [0.15, 0.2) is 29.2 Å². The molecule has 1 rings (SSSR count). The normalized spacial score (nSPS) is 11.3. The average molecular weight is 205 g/mol. The van der Waals surface area contributed by atoms with E-state index in [0.717, 1.165) is 0 Å². The van der Waals surface area contributed by atoms with E-state index in [2.05, 4.69) is 0 Å². The summed E-state index contributed by atoms with van der Waals surface area (Å²) in [6.45, 7) is 4.00.